The van der Waals surface area contributed by atoms with Crippen molar-refractivity contribution in [2.24, 2.45) is 0 Å². The van der Waals surface area contributed by atoms with Gasteiger partial charge in [-0.3, -0.25) is 4.98 Å². The maximum Gasteiger partial charge on any atom is 0.345 e. The summed E-state index contributed by atoms with van der Waals surface area (Å²) < 4.78 is 7.40. The Kier molecular flexibility index (Phi) is 5.43. The number of hydrogen-bond acceptors (Lipinski definition) is 6. The number of allylic oxidation sites excluding steroid dienone is 1. The number of fused-ring (bicyclic) bond motifs is 1. The Morgan fingerprint density at radius 2 is 2.00 bits per heavy atom. The van der Waals surface area contributed by atoms with Gasteiger partial charge >= 0.3 is 5.97 Å². The van der Waals surface area contributed by atoms with E-state index < -0.39 is 5.97 Å². The lowest BCUT2D eigenvalue weighted by Crippen LogP contribution is -2.08. The fraction of sp³-hybridized carbons (Fsp3) is 0.227. The van der Waals surface area contributed by atoms with Crippen LogP contribution in [-0.2, 0) is 13.0 Å². The van der Waals surface area contributed by atoms with Crippen molar-refractivity contribution in [1.29, 1.82) is 5.26 Å². The maximum atomic E-state index is 12.1. The van der Waals surface area contributed by atoms with Crippen LogP contribution in [0.4, 0.5) is 0 Å². The number of pyridine rings is 1. The number of rotatable bonds is 4. The van der Waals surface area contributed by atoms with Crippen molar-refractivity contribution in [1.82, 2.24) is 19.7 Å². The Labute approximate surface area is 168 Å². The molecule has 0 saturated carbocycles. The highest BCUT2D eigenvalue weighted by atomic mass is 16.5. The van der Waals surface area contributed by atoms with Crippen LogP contribution >= 0.6 is 0 Å². The first-order valence-corrected chi connectivity index (χ1v) is 9.51. The molecular formula is C22H19N5O2. The highest BCUT2D eigenvalue weighted by Gasteiger charge is 2.17. The van der Waals surface area contributed by atoms with Crippen LogP contribution in [0.5, 0.6) is 5.75 Å². The Morgan fingerprint density at radius 1 is 1.14 bits per heavy atom. The molecule has 4 rings (SSSR count). The average Bonchev–Trinajstić information content (AvgIpc) is 3.01. The third-order valence-corrected chi connectivity index (χ3v) is 4.77. The number of esters is 1. The van der Waals surface area contributed by atoms with Gasteiger partial charge in [-0.05, 0) is 48.7 Å². The Bertz CT molecular complexity index is 1080. The monoisotopic (exact) mass is 385 g/mol. The molecule has 0 N–H and O–H groups in total. The lowest BCUT2D eigenvalue weighted by atomic mass is 10.1. The smallest absolute Gasteiger partial charge is 0.345 e. The molecule has 0 bridgehead atoms. The third kappa shape index (κ3) is 4.22. The number of nitrogens with zero attached hydrogens (tertiary/aromatic N) is 5. The SMILES string of the molecule is N#CC(=Cc1ccc(OC(=O)c2cccnc2)cc1)c1nnc2n1CCCCC2. The first-order valence-electron chi connectivity index (χ1n) is 9.51. The van der Waals surface area contributed by atoms with E-state index >= 15 is 0 Å². The van der Waals surface area contributed by atoms with Crippen molar-refractivity contribution in [2.45, 2.75) is 32.2 Å². The second-order valence-electron chi connectivity index (χ2n) is 6.77. The Balaban J connectivity index is 1.53. The van der Waals surface area contributed by atoms with Crippen LogP contribution in [0.15, 0.2) is 48.8 Å². The minimum Gasteiger partial charge on any atom is -0.423 e. The van der Waals surface area contributed by atoms with E-state index in [2.05, 4.69) is 21.3 Å². The van der Waals surface area contributed by atoms with Gasteiger partial charge in [-0.1, -0.05) is 18.6 Å². The summed E-state index contributed by atoms with van der Waals surface area (Å²) in [6, 6.07) is 12.5. The largest absolute Gasteiger partial charge is 0.423 e. The number of hydrogen-bond donors (Lipinski definition) is 0. The van der Waals surface area contributed by atoms with E-state index in [1.54, 1.807) is 48.7 Å². The summed E-state index contributed by atoms with van der Waals surface area (Å²) in [7, 11) is 0. The fourth-order valence-corrected chi connectivity index (χ4v) is 3.28. The summed E-state index contributed by atoms with van der Waals surface area (Å²) in [4.78, 5) is 16.0. The predicted octanol–water partition coefficient (Wildman–Crippen LogP) is 3.68. The number of nitriles is 1. The molecule has 0 fully saturated rings. The van der Waals surface area contributed by atoms with Crippen LogP contribution < -0.4 is 4.74 Å². The third-order valence-electron chi connectivity index (χ3n) is 4.77. The van der Waals surface area contributed by atoms with Crippen molar-refractivity contribution < 1.29 is 9.53 Å². The number of aromatic nitrogens is 4. The molecule has 7 nitrogen and oxygen atoms in total. The molecule has 2 aromatic heterocycles. The molecular weight excluding hydrogens is 366 g/mol. The number of carbonyl (C=O) groups excluding carboxylic acids is 1. The summed E-state index contributed by atoms with van der Waals surface area (Å²) in [6.45, 7) is 0.833. The molecule has 0 atom stereocenters. The van der Waals surface area contributed by atoms with Gasteiger partial charge in [-0.2, -0.15) is 5.26 Å². The molecule has 3 heterocycles. The molecule has 144 valence electrons. The topological polar surface area (TPSA) is 93.7 Å². The zero-order valence-corrected chi connectivity index (χ0v) is 15.8. The van der Waals surface area contributed by atoms with E-state index in [0.29, 0.717) is 22.7 Å². The second-order valence-corrected chi connectivity index (χ2v) is 6.77. The molecule has 0 radical (unpaired) electrons. The second kappa shape index (κ2) is 8.48. The minimum atomic E-state index is -0.467. The lowest BCUT2D eigenvalue weighted by molar-refractivity contribution is 0.0734. The van der Waals surface area contributed by atoms with Gasteiger partial charge in [-0.15, -0.1) is 10.2 Å². The number of carbonyl (C=O) groups is 1. The van der Waals surface area contributed by atoms with Gasteiger partial charge < -0.3 is 9.30 Å². The van der Waals surface area contributed by atoms with Crippen LogP contribution in [-0.4, -0.2) is 25.7 Å². The van der Waals surface area contributed by atoms with Gasteiger partial charge in [0.1, 0.15) is 17.6 Å². The normalized spacial score (nSPS) is 13.8. The van der Waals surface area contributed by atoms with E-state index in [-0.39, 0.29) is 0 Å². The molecule has 1 aliphatic heterocycles. The molecule has 0 aliphatic carbocycles. The first kappa shape index (κ1) is 18.6. The van der Waals surface area contributed by atoms with Crippen LogP contribution in [0.25, 0.3) is 11.6 Å². The molecule has 0 amide bonds. The van der Waals surface area contributed by atoms with Crippen LogP contribution in [0.2, 0.25) is 0 Å². The summed E-state index contributed by atoms with van der Waals surface area (Å²) in [5, 5.41) is 18.2. The molecule has 7 heteroatoms. The first-order chi connectivity index (χ1) is 14.2. The molecule has 0 spiro atoms. The molecule has 1 aliphatic rings. The average molecular weight is 385 g/mol. The Morgan fingerprint density at radius 3 is 2.76 bits per heavy atom. The lowest BCUT2D eigenvalue weighted by Gasteiger charge is -2.06. The summed E-state index contributed by atoms with van der Waals surface area (Å²) in [5.74, 6) is 1.50. The van der Waals surface area contributed by atoms with Gasteiger partial charge in [0.05, 0.1) is 11.1 Å². The maximum absolute atomic E-state index is 12.1. The van der Waals surface area contributed by atoms with E-state index in [0.717, 1.165) is 43.6 Å². The highest BCUT2D eigenvalue weighted by Crippen LogP contribution is 2.22. The summed E-state index contributed by atoms with van der Waals surface area (Å²) in [6.07, 6.45) is 9.04. The standard InChI is InChI=1S/C22H19N5O2/c23-14-18(21-26-25-20-6-2-1-3-12-27(20)21)13-16-7-9-19(10-8-16)29-22(28)17-5-4-11-24-15-17/h4-5,7-11,13,15H,1-3,6,12H2. The zero-order valence-electron chi connectivity index (χ0n) is 15.8. The molecule has 3 aromatic rings. The van der Waals surface area contributed by atoms with Gasteiger partial charge in [0.25, 0.3) is 0 Å². The van der Waals surface area contributed by atoms with Gasteiger partial charge in [-0.25, -0.2) is 4.79 Å². The molecule has 0 unspecified atom stereocenters. The van der Waals surface area contributed by atoms with Crippen molar-refractivity contribution >= 4 is 17.6 Å². The molecule has 1 aromatic carbocycles. The molecule has 0 saturated heterocycles. The number of ether oxygens (including phenoxy) is 1. The van der Waals surface area contributed by atoms with E-state index in [9.17, 15) is 10.1 Å². The Hall–Kier alpha value is -3.79. The van der Waals surface area contributed by atoms with Gasteiger partial charge in [0.2, 0.25) is 0 Å². The number of aryl methyl sites for hydroxylation is 1. The minimum absolute atomic E-state index is 0.385. The quantitative estimate of drug-likeness (QED) is 0.386. The molecule has 29 heavy (non-hydrogen) atoms. The van der Waals surface area contributed by atoms with E-state index in [1.165, 1.54) is 6.20 Å². The van der Waals surface area contributed by atoms with E-state index in [4.69, 9.17) is 4.74 Å². The van der Waals surface area contributed by atoms with Crippen LogP contribution in [0.3, 0.4) is 0 Å². The highest BCUT2D eigenvalue weighted by molar-refractivity contribution is 5.91. The van der Waals surface area contributed by atoms with Crippen molar-refractivity contribution in [3.05, 3.63) is 71.6 Å². The van der Waals surface area contributed by atoms with Crippen LogP contribution in [0, 0.1) is 11.3 Å². The summed E-state index contributed by atoms with van der Waals surface area (Å²) in [5.41, 5.74) is 1.66. The van der Waals surface area contributed by atoms with Gasteiger partial charge in [0.15, 0.2) is 5.82 Å². The van der Waals surface area contributed by atoms with Crippen molar-refractivity contribution in [3.63, 3.8) is 0 Å². The fourth-order valence-electron chi connectivity index (χ4n) is 3.28. The predicted molar refractivity (Wildman–Crippen MR) is 107 cm³/mol. The van der Waals surface area contributed by atoms with Crippen molar-refractivity contribution in [3.8, 4) is 11.8 Å². The van der Waals surface area contributed by atoms with Crippen molar-refractivity contribution in [2.75, 3.05) is 0 Å². The zero-order chi connectivity index (χ0) is 20.1. The summed E-state index contributed by atoms with van der Waals surface area (Å²) >= 11 is 0. The van der Waals surface area contributed by atoms with Crippen LogP contribution in [0.1, 0.15) is 46.8 Å². The van der Waals surface area contributed by atoms with Gasteiger partial charge in [0, 0.05) is 25.4 Å². The van der Waals surface area contributed by atoms with E-state index in [1.807, 2.05) is 4.57 Å². The number of benzene rings is 1.